The summed E-state index contributed by atoms with van der Waals surface area (Å²) in [5, 5.41) is 15.1. The molecule has 1 aromatic heterocycles. The number of benzene rings is 3. The van der Waals surface area contributed by atoms with E-state index in [-0.39, 0.29) is 24.3 Å². The molecule has 3 aromatic carbocycles. The third kappa shape index (κ3) is 6.81. The number of carbonyl (C=O) groups is 2. The molecule has 0 bridgehead atoms. The van der Waals surface area contributed by atoms with Gasteiger partial charge in [-0.3, -0.25) is 9.89 Å². The lowest BCUT2D eigenvalue weighted by Crippen LogP contribution is -2.41. The molecule has 1 aliphatic rings. The van der Waals surface area contributed by atoms with Crippen molar-refractivity contribution in [2.75, 3.05) is 20.1 Å². The van der Waals surface area contributed by atoms with Crippen LogP contribution in [-0.4, -0.2) is 69.3 Å². The van der Waals surface area contributed by atoms with Crippen molar-refractivity contribution in [1.29, 1.82) is 0 Å². The molecule has 210 valence electrons. The summed E-state index contributed by atoms with van der Waals surface area (Å²) in [6, 6.07) is 16.4. The number of likely N-dealkylation sites (N-methyl/N-ethyl adjacent to an activating group) is 1. The van der Waals surface area contributed by atoms with Crippen LogP contribution < -0.4 is 0 Å². The number of rotatable bonds is 5. The molecular formula is C28H25F5N4O3. The van der Waals surface area contributed by atoms with Crippen LogP contribution in [0.2, 0.25) is 0 Å². The zero-order valence-corrected chi connectivity index (χ0v) is 21.3. The summed E-state index contributed by atoms with van der Waals surface area (Å²) in [5.41, 5.74) is 3.59. The van der Waals surface area contributed by atoms with E-state index in [2.05, 4.69) is 15.1 Å². The van der Waals surface area contributed by atoms with E-state index in [0.29, 0.717) is 17.7 Å². The summed E-state index contributed by atoms with van der Waals surface area (Å²) in [4.78, 5) is 26.2. The van der Waals surface area contributed by atoms with Crippen LogP contribution in [0.1, 0.15) is 22.3 Å². The molecule has 0 aliphatic carbocycles. The third-order valence-electron chi connectivity index (χ3n) is 6.56. The van der Waals surface area contributed by atoms with E-state index in [1.165, 1.54) is 30.3 Å². The standard InChI is InChI=1S/C26H24F2N4O.C2HF3O2/c1-31-11-10-23(16-31)32(26(33)17-2-6-22(27)7-3-17)15-21-13-18(4-8-24(21)28)19-5-9-25-20(12-19)14-29-30-25;3-2(4,5)1(6)7/h2-9,12-14,23H,10-11,15-16H2,1H3,(H,29,30);(H,6,7)/t23-;/m1./s1. The van der Waals surface area contributed by atoms with Gasteiger partial charge in [-0.2, -0.15) is 18.3 Å². The number of hydrogen-bond donors (Lipinski definition) is 2. The minimum atomic E-state index is -5.08. The molecule has 0 radical (unpaired) electrons. The molecule has 1 amide bonds. The number of likely N-dealkylation sites (tertiary alicyclic amines) is 1. The van der Waals surface area contributed by atoms with E-state index in [1.54, 1.807) is 23.2 Å². The fourth-order valence-corrected chi connectivity index (χ4v) is 4.47. The number of H-pyrrole nitrogens is 1. The van der Waals surface area contributed by atoms with Crippen molar-refractivity contribution in [2.45, 2.75) is 25.2 Å². The number of carboxylic acids is 1. The number of aromatic amines is 1. The van der Waals surface area contributed by atoms with Crippen LogP contribution in [0.3, 0.4) is 0 Å². The first-order chi connectivity index (χ1) is 18.9. The number of nitrogens with one attached hydrogen (secondary N) is 1. The van der Waals surface area contributed by atoms with Gasteiger partial charge >= 0.3 is 12.1 Å². The second-order valence-electron chi connectivity index (χ2n) is 9.43. The van der Waals surface area contributed by atoms with E-state index in [0.717, 1.165) is 35.0 Å². The van der Waals surface area contributed by atoms with Gasteiger partial charge in [0.1, 0.15) is 11.6 Å². The van der Waals surface area contributed by atoms with Crippen molar-refractivity contribution in [1.82, 2.24) is 20.0 Å². The molecule has 1 fully saturated rings. The lowest BCUT2D eigenvalue weighted by molar-refractivity contribution is -0.192. The Bertz CT molecular complexity index is 1500. The Morgan fingerprint density at radius 1 is 1.05 bits per heavy atom. The summed E-state index contributed by atoms with van der Waals surface area (Å²) in [6.45, 7) is 1.72. The molecule has 12 heteroatoms. The summed E-state index contributed by atoms with van der Waals surface area (Å²) < 4.78 is 60.1. The van der Waals surface area contributed by atoms with Crippen LogP contribution in [-0.2, 0) is 11.3 Å². The summed E-state index contributed by atoms with van der Waals surface area (Å²) >= 11 is 0. The number of halogens is 5. The third-order valence-corrected chi connectivity index (χ3v) is 6.56. The van der Waals surface area contributed by atoms with Gasteiger partial charge in [-0.05, 0) is 79.7 Å². The van der Waals surface area contributed by atoms with Crippen LogP contribution in [0.4, 0.5) is 22.0 Å². The minimum Gasteiger partial charge on any atom is -0.475 e. The highest BCUT2D eigenvalue weighted by Crippen LogP contribution is 2.28. The maximum Gasteiger partial charge on any atom is 0.490 e. The minimum absolute atomic E-state index is 0.0436. The van der Waals surface area contributed by atoms with Gasteiger partial charge in [-0.15, -0.1) is 0 Å². The van der Waals surface area contributed by atoms with E-state index in [1.807, 2.05) is 25.2 Å². The Morgan fingerprint density at radius 3 is 2.33 bits per heavy atom. The fourth-order valence-electron chi connectivity index (χ4n) is 4.47. The summed E-state index contributed by atoms with van der Waals surface area (Å²) in [6.07, 6.45) is -2.52. The largest absolute Gasteiger partial charge is 0.490 e. The SMILES string of the molecule is CN1CC[C@@H](N(Cc2cc(-c3ccc4[nH]ncc4c3)ccc2F)C(=O)c2ccc(F)cc2)C1.O=C(O)C(F)(F)F. The Hall–Kier alpha value is -4.32. The fraction of sp³-hybridized carbons (Fsp3) is 0.250. The molecule has 2 N–H and O–H groups in total. The predicted molar refractivity (Wildman–Crippen MR) is 137 cm³/mol. The van der Waals surface area contributed by atoms with Gasteiger partial charge in [0.05, 0.1) is 11.7 Å². The van der Waals surface area contributed by atoms with Crippen LogP contribution in [0.15, 0.2) is 66.9 Å². The average Bonchev–Trinajstić information content (AvgIpc) is 3.56. The van der Waals surface area contributed by atoms with Gasteiger partial charge in [-0.25, -0.2) is 13.6 Å². The molecule has 0 unspecified atom stereocenters. The van der Waals surface area contributed by atoms with E-state index in [4.69, 9.17) is 9.90 Å². The Balaban J connectivity index is 0.000000470. The van der Waals surface area contributed by atoms with Gasteiger partial charge in [-0.1, -0.05) is 12.1 Å². The van der Waals surface area contributed by atoms with Crippen molar-refractivity contribution in [3.05, 3.63) is 89.6 Å². The molecule has 1 saturated heterocycles. The number of carbonyl (C=O) groups excluding carboxylic acids is 1. The lowest BCUT2D eigenvalue weighted by atomic mass is 10.0. The van der Waals surface area contributed by atoms with Crippen LogP contribution in [0.25, 0.3) is 22.0 Å². The Morgan fingerprint density at radius 2 is 1.70 bits per heavy atom. The number of alkyl halides is 3. The van der Waals surface area contributed by atoms with Crippen molar-refractivity contribution >= 4 is 22.8 Å². The zero-order valence-electron chi connectivity index (χ0n) is 21.3. The normalized spacial score (nSPS) is 15.5. The maximum atomic E-state index is 14.9. The molecule has 0 spiro atoms. The molecular weight excluding hydrogens is 535 g/mol. The van der Waals surface area contributed by atoms with Crippen LogP contribution in [0.5, 0.6) is 0 Å². The van der Waals surface area contributed by atoms with E-state index >= 15 is 0 Å². The van der Waals surface area contributed by atoms with Crippen molar-refractivity contribution < 1.29 is 36.6 Å². The highest BCUT2D eigenvalue weighted by molar-refractivity contribution is 5.94. The van der Waals surface area contributed by atoms with Gasteiger partial charge in [0, 0.05) is 35.6 Å². The number of nitrogens with zero attached hydrogens (tertiary/aromatic N) is 3. The van der Waals surface area contributed by atoms with Gasteiger partial charge < -0.3 is 14.9 Å². The number of aromatic nitrogens is 2. The number of carboxylic acid groups (broad SMARTS) is 1. The van der Waals surface area contributed by atoms with Gasteiger partial charge in [0.15, 0.2) is 0 Å². The van der Waals surface area contributed by atoms with Crippen LogP contribution >= 0.6 is 0 Å². The monoisotopic (exact) mass is 560 g/mol. The molecule has 7 nitrogen and oxygen atoms in total. The molecule has 2 heterocycles. The second kappa shape index (κ2) is 11.8. The van der Waals surface area contributed by atoms with Crippen molar-refractivity contribution in [3.8, 4) is 11.1 Å². The van der Waals surface area contributed by atoms with Crippen molar-refractivity contribution in [3.63, 3.8) is 0 Å². The van der Waals surface area contributed by atoms with Gasteiger partial charge in [0.25, 0.3) is 5.91 Å². The Kier molecular flexibility index (Phi) is 8.48. The molecule has 40 heavy (non-hydrogen) atoms. The number of amides is 1. The highest BCUT2D eigenvalue weighted by Gasteiger charge is 2.38. The number of fused-ring (bicyclic) bond motifs is 1. The lowest BCUT2D eigenvalue weighted by Gasteiger charge is -2.29. The Labute approximate surface area is 225 Å². The predicted octanol–water partition coefficient (Wildman–Crippen LogP) is 5.49. The first-order valence-electron chi connectivity index (χ1n) is 12.2. The zero-order chi connectivity index (χ0) is 29.0. The molecule has 4 aromatic rings. The molecule has 0 saturated carbocycles. The average molecular weight is 561 g/mol. The highest BCUT2D eigenvalue weighted by atomic mass is 19.4. The smallest absolute Gasteiger partial charge is 0.475 e. The second-order valence-corrected chi connectivity index (χ2v) is 9.43. The topological polar surface area (TPSA) is 89.5 Å². The maximum absolute atomic E-state index is 14.9. The number of hydrogen-bond acceptors (Lipinski definition) is 4. The first kappa shape index (κ1) is 28.7. The quantitative estimate of drug-likeness (QED) is 0.315. The number of aliphatic carboxylic acids is 1. The first-order valence-corrected chi connectivity index (χ1v) is 12.2. The molecule has 1 atom stereocenters. The summed E-state index contributed by atoms with van der Waals surface area (Å²) in [7, 11) is 2.01. The van der Waals surface area contributed by atoms with Gasteiger partial charge in [0.2, 0.25) is 0 Å². The van der Waals surface area contributed by atoms with Crippen molar-refractivity contribution in [2.24, 2.45) is 0 Å². The van der Waals surface area contributed by atoms with Crippen LogP contribution in [0, 0.1) is 11.6 Å². The van der Waals surface area contributed by atoms with E-state index in [9.17, 15) is 26.7 Å². The molecule has 5 rings (SSSR count). The molecule has 1 aliphatic heterocycles. The van der Waals surface area contributed by atoms with E-state index < -0.39 is 18.0 Å². The summed E-state index contributed by atoms with van der Waals surface area (Å²) in [5.74, 6) is -3.73.